The molecule has 0 unspecified atom stereocenters. The Balaban J connectivity index is 1.59. The maximum absolute atomic E-state index is 13.0. The van der Waals surface area contributed by atoms with Crippen LogP contribution < -0.4 is 0 Å². The van der Waals surface area contributed by atoms with Gasteiger partial charge in [-0.1, -0.05) is 6.07 Å². The summed E-state index contributed by atoms with van der Waals surface area (Å²) in [5, 5.41) is 0. The van der Waals surface area contributed by atoms with E-state index in [1.54, 1.807) is 17.5 Å². The first kappa shape index (κ1) is 16.0. The standard InChI is InChI=1S/C19H20N4OS/c1-14-17(25-13-21-14)6-7-18(24)23-11-10-22-9-3-5-16(22)19(23)15-4-2-8-20-12-15/h2-5,8-9,12-13,19H,6-7,10-11H2,1H3/t19-/m1/s1. The third-order valence-corrected chi connectivity index (χ3v) is 5.76. The Bertz CT molecular complexity index is 870. The third kappa shape index (κ3) is 3.09. The van der Waals surface area contributed by atoms with Gasteiger partial charge >= 0.3 is 0 Å². The van der Waals surface area contributed by atoms with Crippen LogP contribution in [0.1, 0.15) is 34.3 Å². The fraction of sp³-hybridized carbons (Fsp3) is 0.316. The predicted octanol–water partition coefficient (Wildman–Crippen LogP) is 3.21. The molecule has 6 heteroatoms. The Kier molecular flexibility index (Phi) is 4.36. The van der Waals surface area contributed by atoms with Gasteiger partial charge < -0.3 is 9.47 Å². The summed E-state index contributed by atoms with van der Waals surface area (Å²) in [6.07, 6.45) is 6.99. The lowest BCUT2D eigenvalue weighted by Gasteiger charge is -2.37. The van der Waals surface area contributed by atoms with Gasteiger partial charge in [-0.15, -0.1) is 11.3 Å². The second kappa shape index (κ2) is 6.80. The lowest BCUT2D eigenvalue weighted by molar-refractivity contribution is -0.133. The van der Waals surface area contributed by atoms with Gasteiger partial charge in [-0.2, -0.15) is 0 Å². The van der Waals surface area contributed by atoms with E-state index in [4.69, 9.17) is 0 Å². The zero-order valence-electron chi connectivity index (χ0n) is 14.1. The van der Waals surface area contributed by atoms with E-state index in [0.29, 0.717) is 6.42 Å². The van der Waals surface area contributed by atoms with E-state index in [-0.39, 0.29) is 11.9 Å². The minimum atomic E-state index is -0.0625. The van der Waals surface area contributed by atoms with Crippen molar-refractivity contribution < 1.29 is 4.79 Å². The fourth-order valence-electron chi connectivity index (χ4n) is 3.47. The minimum Gasteiger partial charge on any atom is -0.348 e. The summed E-state index contributed by atoms with van der Waals surface area (Å²) < 4.78 is 2.23. The van der Waals surface area contributed by atoms with Gasteiger partial charge in [0.2, 0.25) is 5.91 Å². The predicted molar refractivity (Wildman–Crippen MR) is 97.4 cm³/mol. The Morgan fingerprint density at radius 2 is 2.24 bits per heavy atom. The molecule has 1 atom stereocenters. The lowest BCUT2D eigenvalue weighted by atomic mass is 10.0. The molecule has 5 nitrogen and oxygen atoms in total. The average molecular weight is 352 g/mol. The molecule has 1 aliphatic heterocycles. The summed E-state index contributed by atoms with van der Waals surface area (Å²) in [6, 6.07) is 8.07. The highest BCUT2D eigenvalue weighted by molar-refractivity contribution is 7.09. The van der Waals surface area contributed by atoms with Gasteiger partial charge in [0.05, 0.1) is 17.2 Å². The van der Waals surface area contributed by atoms with Crippen LogP contribution in [0, 0.1) is 6.92 Å². The number of aryl methyl sites for hydroxylation is 2. The first-order valence-electron chi connectivity index (χ1n) is 8.47. The van der Waals surface area contributed by atoms with Crippen molar-refractivity contribution >= 4 is 17.2 Å². The van der Waals surface area contributed by atoms with E-state index in [2.05, 4.69) is 26.8 Å². The number of hydrogen-bond donors (Lipinski definition) is 0. The van der Waals surface area contributed by atoms with Gasteiger partial charge in [0.1, 0.15) is 0 Å². The third-order valence-electron chi connectivity index (χ3n) is 4.77. The Hall–Kier alpha value is -2.47. The number of nitrogens with zero attached hydrogens (tertiary/aromatic N) is 4. The molecule has 1 aliphatic rings. The summed E-state index contributed by atoms with van der Waals surface area (Å²) in [4.78, 5) is 24.7. The SMILES string of the molecule is Cc1ncsc1CCC(=O)N1CCn2cccc2[C@H]1c1cccnc1. The van der Waals surface area contributed by atoms with Crippen molar-refractivity contribution in [3.63, 3.8) is 0 Å². The lowest BCUT2D eigenvalue weighted by Crippen LogP contribution is -2.42. The van der Waals surface area contributed by atoms with E-state index in [0.717, 1.165) is 36.5 Å². The summed E-state index contributed by atoms with van der Waals surface area (Å²) in [5.74, 6) is 0.189. The van der Waals surface area contributed by atoms with Crippen LogP contribution in [0.2, 0.25) is 0 Å². The molecule has 3 aromatic heterocycles. The normalized spacial score (nSPS) is 16.7. The number of rotatable bonds is 4. The zero-order valence-corrected chi connectivity index (χ0v) is 14.9. The molecule has 0 saturated carbocycles. The highest BCUT2D eigenvalue weighted by Crippen LogP contribution is 2.32. The molecule has 3 aromatic rings. The van der Waals surface area contributed by atoms with Gasteiger partial charge in [-0.05, 0) is 37.1 Å². The number of thiazole rings is 1. The Morgan fingerprint density at radius 3 is 3.00 bits per heavy atom. The molecule has 0 aromatic carbocycles. The van der Waals surface area contributed by atoms with Crippen molar-refractivity contribution in [2.45, 2.75) is 32.4 Å². The number of amides is 1. The fourth-order valence-corrected chi connectivity index (χ4v) is 4.25. The van der Waals surface area contributed by atoms with Crippen molar-refractivity contribution in [3.05, 3.63) is 70.2 Å². The number of hydrogen-bond acceptors (Lipinski definition) is 4. The van der Waals surface area contributed by atoms with Crippen LogP contribution in [-0.2, 0) is 17.8 Å². The molecule has 128 valence electrons. The van der Waals surface area contributed by atoms with Crippen molar-refractivity contribution in [1.29, 1.82) is 0 Å². The van der Waals surface area contributed by atoms with Crippen LogP contribution in [-0.4, -0.2) is 31.9 Å². The van der Waals surface area contributed by atoms with Crippen LogP contribution in [0.4, 0.5) is 0 Å². The van der Waals surface area contributed by atoms with Gasteiger partial charge in [0.25, 0.3) is 0 Å². The van der Waals surface area contributed by atoms with Crippen molar-refractivity contribution in [2.24, 2.45) is 0 Å². The molecule has 0 bridgehead atoms. The average Bonchev–Trinajstić information content (AvgIpc) is 3.28. The first-order valence-corrected chi connectivity index (χ1v) is 9.35. The number of pyridine rings is 1. The molecule has 0 radical (unpaired) electrons. The maximum atomic E-state index is 13.0. The summed E-state index contributed by atoms with van der Waals surface area (Å²) in [5.41, 5.74) is 5.10. The van der Waals surface area contributed by atoms with Crippen molar-refractivity contribution in [3.8, 4) is 0 Å². The molecule has 4 rings (SSSR count). The molecule has 1 amide bonds. The first-order chi connectivity index (χ1) is 12.2. The molecule has 25 heavy (non-hydrogen) atoms. The number of carbonyl (C=O) groups excluding carboxylic acids is 1. The zero-order chi connectivity index (χ0) is 17.2. The van der Waals surface area contributed by atoms with E-state index < -0.39 is 0 Å². The van der Waals surface area contributed by atoms with Crippen LogP contribution in [0.25, 0.3) is 0 Å². The summed E-state index contributed by atoms with van der Waals surface area (Å²) in [7, 11) is 0. The van der Waals surface area contributed by atoms with Crippen LogP contribution in [0.3, 0.4) is 0 Å². The van der Waals surface area contributed by atoms with Gasteiger partial charge in [0.15, 0.2) is 0 Å². The van der Waals surface area contributed by atoms with E-state index in [1.807, 2.05) is 41.7 Å². The number of carbonyl (C=O) groups is 1. The summed E-state index contributed by atoms with van der Waals surface area (Å²) in [6.45, 7) is 3.56. The highest BCUT2D eigenvalue weighted by atomic mass is 32.1. The van der Waals surface area contributed by atoms with Crippen LogP contribution in [0.5, 0.6) is 0 Å². The second-order valence-corrected chi connectivity index (χ2v) is 7.20. The molecular weight excluding hydrogens is 332 g/mol. The Labute approximate surface area is 151 Å². The molecule has 0 N–H and O–H groups in total. The second-order valence-electron chi connectivity index (χ2n) is 6.26. The maximum Gasteiger partial charge on any atom is 0.223 e. The van der Waals surface area contributed by atoms with Crippen molar-refractivity contribution in [2.75, 3.05) is 6.54 Å². The van der Waals surface area contributed by atoms with E-state index in [9.17, 15) is 4.79 Å². The Morgan fingerprint density at radius 1 is 1.32 bits per heavy atom. The molecule has 0 aliphatic carbocycles. The molecule has 4 heterocycles. The number of aromatic nitrogens is 3. The molecule has 0 fully saturated rings. The monoisotopic (exact) mass is 352 g/mol. The molecule has 0 saturated heterocycles. The van der Waals surface area contributed by atoms with Crippen LogP contribution >= 0.6 is 11.3 Å². The van der Waals surface area contributed by atoms with Crippen molar-refractivity contribution in [1.82, 2.24) is 19.4 Å². The molecular formula is C19H20N4OS. The smallest absolute Gasteiger partial charge is 0.223 e. The van der Waals surface area contributed by atoms with Crippen LogP contribution in [0.15, 0.2) is 48.4 Å². The summed E-state index contributed by atoms with van der Waals surface area (Å²) >= 11 is 1.63. The minimum absolute atomic E-state index is 0.0625. The largest absolute Gasteiger partial charge is 0.348 e. The van der Waals surface area contributed by atoms with Gasteiger partial charge in [-0.25, -0.2) is 4.98 Å². The van der Waals surface area contributed by atoms with Gasteiger partial charge in [-0.3, -0.25) is 9.78 Å². The number of fused-ring (bicyclic) bond motifs is 1. The van der Waals surface area contributed by atoms with E-state index >= 15 is 0 Å². The molecule has 0 spiro atoms. The highest BCUT2D eigenvalue weighted by Gasteiger charge is 2.31. The van der Waals surface area contributed by atoms with E-state index in [1.165, 1.54) is 4.88 Å². The van der Waals surface area contributed by atoms with Gasteiger partial charge in [0, 0.05) is 48.7 Å². The quantitative estimate of drug-likeness (QED) is 0.724. The topological polar surface area (TPSA) is 51.0 Å².